The van der Waals surface area contributed by atoms with Crippen LogP contribution in [0, 0.1) is 0 Å². The van der Waals surface area contributed by atoms with E-state index in [1.165, 1.54) is 12.6 Å². The van der Waals surface area contributed by atoms with E-state index in [2.05, 4.69) is 27.5 Å². The molecule has 0 aromatic carbocycles. The van der Waals surface area contributed by atoms with E-state index in [-0.39, 0.29) is 11.4 Å². The molecule has 1 heterocycles. The Labute approximate surface area is 94.7 Å². The van der Waals surface area contributed by atoms with Crippen LogP contribution in [0.15, 0.2) is 12.4 Å². The van der Waals surface area contributed by atoms with Crippen LogP contribution >= 0.6 is 0 Å². The summed E-state index contributed by atoms with van der Waals surface area (Å²) in [7, 11) is 1.76. The van der Waals surface area contributed by atoms with Crippen molar-refractivity contribution in [1.82, 2.24) is 15.3 Å². The van der Waals surface area contributed by atoms with Crippen LogP contribution in [-0.2, 0) is 0 Å². The number of aromatic nitrogens is 2. The highest BCUT2D eigenvalue weighted by Gasteiger charge is 2.33. The maximum atomic E-state index is 11.8. The van der Waals surface area contributed by atoms with Gasteiger partial charge in [0.05, 0.1) is 12.4 Å². The van der Waals surface area contributed by atoms with E-state index in [9.17, 15) is 4.79 Å². The third kappa shape index (κ3) is 2.13. The summed E-state index contributed by atoms with van der Waals surface area (Å²) >= 11 is 0. The van der Waals surface area contributed by atoms with E-state index < -0.39 is 0 Å². The van der Waals surface area contributed by atoms with Crippen LogP contribution < -0.4 is 10.6 Å². The van der Waals surface area contributed by atoms with Gasteiger partial charge in [-0.25, -0.2) is 9.97 Å². The summed E-state index contributed by atoms with van der Waals surface area (Å²) in [5.74, 6) is 0.517. The van der Waals surface area contributed by atoms with Crippen LogP contribution in [0.5, 0.6) is 0 Å². The van der Waals surface area contributed by atoms with Gasteiger partial charge in [0.25, 0.3) is 5.91 Å². The Hall–Kier alpha value is -1.65. The van der Waals surface area contributed by atoms with Gasteiger partial charge in [0, 0.05) is 12.6 Å². The number of carbonyl (C=O) groups excluding carboxylic acids is 1. The molecule has 1 amide bonds. The molecule has 1 aliphatic carbocycles. The Bertz CT molecular complexity index is 383. The van der Waals surface area contributed by atoms with E-state index in [0.717, 1.165) is 12.8 Å². The van der Waals surface area contributed by atoms with Crippen molar-refractivity contribution in [3.8, 4) is 0 Å². The maximum Gasteiger partial charge on any atom is 0.271 e. The number of rotatable bonds is 3. The lowest BCUT2D eigenvalue weighted by Crippen LogP contribution is -2.51. The van der Waals surface area contributed by atoms with Crippen LogP contribution in [0.25, 0.3) is 0 Å². The minimum Gasteiger partial charge on any atom is -0.372 e. The molecule has 0 aliphatic heterocycles. The minimum absolute atomic E-state index is 0.0412. The molecule has 1 aromatic heterocycles. The Morgan fingerprint density at radius 1 is 1.38 bits per heavy atom. The Balaban J connectivity index is 2.03. The van der Waals surface area contributed by atoms with Gasteiger partial charge in [-0.15, -0.1) is 0 Å². The third-order valence-electron chi connectivity index (χ3n) is 3.01. The molecule has 5 heteroatoms. The first-order valence-electron chi connectivity index (χ1n) is 5.45. The molecule has 86 valence electrons. The number of nitrogens with zero attached hydrogens (tertiary/aromatic N) is 2. The molecule has 0 unspecified atom stereocenters. The van der Waals surface area contributed by atoms with Crippen molar-refractivity contribution in [3.63, 3.8) is 0 Å². The fourth-order valence-electron chi connectivity index (χ4n) is 1.74. The van der Waals surface area contributed by atoms with Crippen LogP contribution in [-0.4, -0.2) is 28.5 Å². The summed E-state index contributed by atoms with van der Waals surface area (Å²) in [6, 6.07) is 0. The highest BCUT2D eigenvalue weighted by molar-refractivity contribution is 5.92. The first kappa shape index (κ1) is 10.9. The number of hydrogen-bond acceptors (Lipinski definition) is 4. The summed E-state index contributed by atoms with van der Waals surface area (Å²) in [5, 5.41) is 5.84. The summed E-state index contributed by atoms with van der Waals surface area (Å²) in [5.41, 5.74) is 0.326. The van der Waals surface area contributed by atoms with Gasteiger partial charge in [0.2, 0.25) is 0 Å². The van der Waals surface area contributed by atoms with E-state index >= 15 is 0 Å². The summed E-state index contributed by atoms with van der Waals surface area (Å²) in [4.78, 5) is 19.9. The van der Waals surface area contributed by atoms with E-state index in [1.54, 1.807) is 13.2 Å². The zero-order chi connectivity index (χ0) is 11.6. The maximum absolute atomic E-state index is 11.8. The number of amides is 1. The Morgan fingerprint density at radius 2 is 2.12 bits per heavy atom. The monoisotopic (exact) mass is 220 g/mol. The third-order valence-corrected chi connectivity index (χ3v) is 3.01. The lowest BCUT2D eigenvalue weighted by molar-refractivity contribution is 0.0845. The van der Waals surface area contributed by atoms with Gasteiger partial charge in [-0.2, -0.15) is 0 Å². The minimum atomic E-state index is -0.141. The van der Waals surface area contributed by atoms with Gasteiger partial charge in [-0.3, -0.25) is 4.79 Å². The van der Waals surface area contributed by atoms with Gasteiger partial charge in [0.15, 0.2) is 0 Å². The van der Waals surface area contributed by atoms with Gasteiger partial charge in [-0.1, -0.05) is 0 Å². The van der Waals surface area contributed by atoms with Gasteiger partial charge in [-0.05, 0) is 26.2 Å². The quantitative estimate of drug-likeness (QED) is 0.803. The fraction of sp³-hybridized carbons (Fsp3) is 0.545. The fourth-order valence-corrected chi connectivity index (χ4v) is 1.74. The molecule has 0 atom stereocenters. The molecule has 2 N–H and O–H groups in total. The molecular formula is C11H16N4O. The van der Waals surface area contributed by atoms with Crippen molar-refractivity contribution in [3.05, 3.63) is 18.1 Å². The molecule has 0 radical (unpaired) electrons. The predicted octanol–water partition coefficient (Wildman–Crippen LogP) is 1.19. The van der Waals surface area contributed by atoms with Crippen LogP contribution in [0.2, 0.25) is 0 Å². The predicted molar refractivity (Wildman–Crippen MR) is 61.3 cm³/mol. The smallest absolute Gasteiger partial charge is 0.271 e. The lowest BCUT2D eigenvalue weighted by atomic mass is 9.78. The molecule has 0 bridgehead atoms. The van der Waals surface area contributed by atoms with Gasteiger partial charge < -0.3 is 10.6 Å². The topological polar surface area (TPSA) is 66.9 Å². The van der Waals surface area contributed by atoms with E-state index in [0.29, 0.717) is 11.5 Å². The molecular weight excluding hydrogens is 204 g/mol. The highest BCUT2D eigenvalue weighted by Crippen LogP contribution is 2.31. The molecule has 2 rings (SSSR count). The standard InChI is InChI=1S/C11H16N4O/c1-11(4-3-5-11)15-10(16)8-6-14-9(12-2)7-13-8/h6-7H,3-5H2,1-2H3,(H,12,14)(H,15,16). The average molecular weight is 220 g/mol. The molecule has 5 nitrogen and oxygen atoms in total. The normalized spacial score (nSPS) is 17.4. The Morgan fingerprint density at radius 3 is 2.56 bits per heavy atom. The zero-order valence-corrected chi connectivity index (χ0v) is 9.58. The van der Waals surface area contributed by atoms with Crippen molar-refractivity contribution in [2.45, 2.75) is 31.7 Å². The largest absolute Gasteiger partial charge is 0.372 e. The molecule has 16 heavy (non-hydrogen) atoms. The summed E-state index contributed by atoms with van der Waals surface area (Å²) < 4.78 is 0. The van der Waals surface area contributed by atoms with Crippen LogP contribution in [0.3, 0.4) is 0 Å². The second-order valence-electron chi connectivity index (χ2n) is 4.41. The first-order chi connectivity index (χ1) is 7.63. The van der Waals surface area contributed by atoms with Crippen molar-refractivity contribution in [2.75, 3.05) is 12.4 Å². The number of nitrogens with one attached hydrogen (secondary N) is 2. The highest BCUT2D eigenvalue weighted by atomic mass is 16.2. The number of carbonyl (C=O) groups is 1. The average Bonchev–Trinajstić information content (AvgIpc) is 2.27. The molecule has 1 fully saturated rings. The van der Waals surface area contributed by atoms with Crippen molar-refractivity contribution in [1.29, 1.82) is 0 Å². The second kappa shape index (κ2) is 4.08. The van der Waals surface area contributed by atoms with E-state index in [1.807, 2.05) is 0 Å². The van der Waals surface area contributed by atoms with Crippen molar-refractivity contribution < 1.29 is 4.79 Å². The Kier molecular flexibility index (Phi) is 2.77. The van der Waals surface area contributed by atoms with Crippen LogP contribution in [0.1, 0.15) is 36.7 Å². The van der Waals surface area contributed by atoms with Crippen LogP contribution in [0.4, 0.5) is 5.82 Å². The van der Waals surface area contributed by atoms with Crippen molar-refractivity contribution >= 4 is 11.7 Å². The molecule has 1 saturated carbocycles. The molecule has 1 aliphatic rings. The van der Waals surface area contributed by atoms with Gasteiger partial charge >= 0.3 is 0 Å². The molecule has 0 spiro atoms. The number of hydrogen-bond donors (Lipinski definition) is 2. The molecule has 1 aromatic rings. The second-order valence-corrected chi connectivity index (χ2v) is 4.41. The van der Waals surface area contributed by atoms with E-state index in [4.69, 9.17) is 0 Å². The molecule has 0 saturated heterocycles. The van der Waals surface area contributed by atoms with Gasteiger partial charge in [0.1, 0.15) is 11.5 Å². The summed E-state index contributed by atoms with van der Waals surface area (Å²) in [6.45, 7) is 2.06. The zero-order valence-electron chi connectivity index (χ0n) is 9.58. The van der Waals surface area contributed by atoms with Crippen molar-refractivity contribution in [2.24, 2.45) is 0 Å². The first-order valence-corrected chi connectivity index (χ1v) is 5.45. The number of anilines is 1. The lowest BCUT2D eigenvalue weighted by Gasteiger charge is -2.38. The SMILES string of the molecule is CNc1cnc(C(=O)NC2(C)CCC2)cn1. The summed E-state index contributed by atoms with van der Waals surface area (Å²) in [6.07, 6.45) is 6.31.